The second-order valence-electron chi connectivity index (χ2n) is 23.9. The van der Waals surface area contributed by atoms with Gasteiger partial charge in [-0.3, -0.25) is 19.2 Å². The van der Waals surface area contributed by atoms with Crippen LogP contribution in [0.2, 0.25) is 0 Å². The van der Waals surface area contributed by atoms with Crippen molar-refractivity contribution < 1.29 is 58.6 Å². The minimum atomic E-state index is -1.54. The van der Waals surface area contributed by atoms with Crippen molar-refractivity contribution in [2.24, 2.45) is 5.41 Å². The van der Waals surface area contributed by atoms with E-state index >= 15 is 0 Å². The molecule has 0 saturated heterocycles. The van der Waals surface area contributed by atoms with Gasteiger partial charge in [-0.2, -0.15) is 0 Å². The number of ether oxygens (including phenoxy) is 4. The van der Waals surface area contributed by atoms with Gasteiger partial charge >= 0.3 is 23.9 Å². The fourth-order valence-corrected chi connectivity index (χ4v) is 10.9. The summed E-state index contributed by atoms with van der Waals surface area (Å²) in [6.07, 6.45) is 21.9. The molecule has 4 N–H and O–H groups in total. The topological polar surface area (TPSA) is 186 Å². The average Bonchev–Trinajstić information content (AvgIpc) is 3.69. The van der Waals surface area contributed by atoms with E-state index in [2.05, 4.69) is 55.4 Å². The standard InChI is InChI=1S/C73H108O12/c1-9-17-25-57-37-35-55(63(71(57)80)31-23-15-7)39-43-67(76)84-51-73(49-82-65(74)41-33-53-45-59(27-19-11-3)69(78)60(46-53)28-20-12-4,50-83-66(75)42-34-54-47-61(29-21-13-5)70(79)62(48-54)30-22-14-6)52-85-68(77)44-40-56-36-38-58(26-18-10-2)72(81)64(56)32-24-16-8/h35-38,45-48,78-81H,9-34,39-44,49-52H2,1-8H3. The molecule has 0 spiro atoms. The molecule has 0 unspecified atom stereocenters. The maximum Gasteiger partial charge on any atom is 0.306 e. The van der Waals surface area contributed by atoms with Crippen molar-refractivity contribution in [3.05, 3.63) is 115 Å². The number of aromatic hydroxyl groups is 4. The molecular weight excluding hydrogens is 1070 g/mol. The Kier molecular flexibility index (Phi) is 33.3. The third-order valence-electron chi connectivity index (χ3n) is 16.5. The lowest BCUT2D eigenvalue weighted by Crippen LogP contribution is -2.44. The molecule has 0 aliphatic carbocycles. The number of carbonyl (C=O) groups is 4. The van der Waals surface area contributed by atoms with Crippen LogP contribution in [0.3, 0.4) is 0 Å². The van der Waals surface area contributed by atoms with Crippen LogP contribution in [0, 0.1) is 5.41 Å². The number of hydrogen-bond donors (Lipinski definition) is 4. The van der Waals surface area contributed by atoms with Gasteiger partial charge in [-0.15, -0.1) is 0 Å². The van der Waals surface area contributed by atoms with Crippen LogP contribution < -0.4 is 0 Å². The molecule has 0 heterocycles. The van der Waals surface area contributed by atoms with E-state index in [-0.39, 0.29) is 37.2 Å². The van der Waals surface area contributed by atoms with Crippen LogP contribution in [0.1, 0.15) is 251 Å². The molecule has 0 aliphatic heterocycles. The number of phenolic OH excluding ortho intramolecular Hbond substituents is 4. The van der Waals surface area contributed by atoms with Gasteiger partial charge in [0.15, 0.2) is 0 Å². The Balaban J connectivity index is 1.69. The summed E-state index contributed by atoms with van der Waals surface area (Å²) in [6, 6.07) is 15.7. The van der Waals surface area contributed by atoms with Crippen molar-refractivity contribution in [2.75, 3.05) is 26.4 Å². The molecule has 0 radical (unpaired) electrons. The SMILES string of the molecule is CCCCc1cc(CCC(=O)OCC(COC(=O)CCc2cc(CCCC)c(O)c(CCCC)c2)(COC(=O)CCc2ccc(CCCC)c(O)c2CCCC)COC(=O)CCc2ccc(CCCC)c(O)c2CCCC)cc(CCCC)c1O. The predicted molar refractivity (Wildman–Crippen MR) is 341 cm³/mol. The first-order valence-electron chi connectivity index (χ1n) is 33.0. The minimum Gasteiger partial charge on any atom is -0.507 e. The number of rotatable bonds is 44. The molecule has 12 heteroatoms. The van der Waals surface area contributed by atoms with Gasteiger partial charge < -0.3 is 39.4 Å². The number of phenols is 4. The highest BCUT2D eigenvalue weighted by Gasteiger charge is 2.38. The fraction of sp³-hybridized carbons (Fsp3) is 0.616. The predicted octanol–water partition coefficient (Wildman–Crippen LogP) is 16.2. The maximum atomic E-state index is 14.0. The summed E-state index contributed by atoms with van der Waals surface area (Å²) in [5, 5.41) is 45.3. The largest absolute Gasteiger partial charge is 0.507 e. The van der Waals surface area contributed by atoms with Crippen LogP contribution in [0.25, 0.3) is 0 Å². The fourth-order valence-electron chi connectivity index (χ4n) is 10.9. The first-order chi connectivity index (χ1) is 41.1. The van der Waals surface area contributed by atoms with Gasteiger partial charge in [0.05, 0.1) is 0 Å². The van der Waals surface area contributed by atoms with Gasteiger partial charge in [-0.25, -0.2) is 0 Å². The molecule has 0 saturated carbocycles. The lowest BCUT2D eigenvalue weighted by molar-refractivity contribution is -0.170. The monoisotopic (exact) mass is 1180 g/mol. The number of carbonyl (C=O) groups excluding carboxylic acids is 4. The molecule has 4 rings (SSSR count). The van der Waals surface area contributed by atoms with Gasteiger partial charge in [0, 0.05) is 25.7 Å². The Bertz CT molecular complexity index is 2430. The lowest BCUT2D eigenvalue weighted by atomic mass is 9.91. The lowest BCUT2D eigenvalue weighted by Gasteiger charge is -2.31. The van der Waals surface area contributed by atoms with Gasteiger partial charge in [-0.05, 0) is 195 Å². The molecule has 85 heavy (non-hydrogen) atoms. The summed E-state index contributed by atoms with van der Waals surface area (Å²) >= 11 is 0. The zero-order chi connectivity index (χ0) is 62.0. The van der Waals surface area contributed by atoms with Crippen molar-refractivity contribution in [1.82, 2.24) is 0 Å². The van der Waals surface area contributed by atoms with Crippen LogP contribution in [0.4, 0.5) is 0 Å². The quantitative estimate of drug-likeness (QED) is 0.0243. The van der Waals surface area contributed by atoms with E-state index in [0.29, 0.717) is 50.0 Å². The first-order valence-corrected chi connectivity index (χ1v) is 33.0. The molecule has 0 atom stereocenters. The number of aryl methyl sites for hydroxylation is 10. The summed E-state index contributed by atoms with van der Waals surface area (Å²) in [6.45, 7) is 15.2. The Labute approximate surface area is 511 Å². The highest BCUT2D eigenvalue weighted by Crippen LogP contribution is 2.34. The second-order valence-corrected chi connectivity index (χ2v) is 23.9. The van der Waals surface area contributed by atoms with E-state index in [0.717, 1.165) is 208 Å². The van der Waals surface area contributed by atoms with E-state index in [1.54, 1.807) is 0 Å². The molecular formula is C73H108O12. The summed E-state index contributed by atoms with van der Waals surface area (Å²) in [7, 11) is 0. The van der Waals surface area contributed by atoms with Crippen molar-refractivity contribution >= 4 is 23.9 Å². The normalized spacial score (nSPS) is 11.5. The Morgan fingerprint density at radius 2 is 0.541 bits per heavy atom. The highest BCUT2D eigenvalue weighted by molar-refractivity contribution is 5.72. The minimum absolute atomic E-state index is 0.0112. The molecule has 0 amide bonds. The van der Waals surface area contributed by atoms with Crippen LogP contribution in [-0.2, 0) is 115 Å². The molecule has 12 nitrogen and oxygen atoms in total. The summed E-state index contributed by atoms with van der Waals surface area (Å²) in [5.41, 5.74) is 8.90. The van der Waals surface area contributed by atoms with Gasteiger partial charge in [0.1, 0.15) is 54.8 Å². The Morgan fingerprint density at radius 1 is 0.306 bits per heavy atom. The maximum absolute atomic E-state index is 14.0. The average molecular weight is 1180 g/mol. The molecule has 4 aromatic carbocycles. The van der Waals surface area contributed by atoms with E-state index < -0.39 is 55.7 Å². The van der Waals surface area contributed by atoms with Crippen LogP contribution in [0.5, 0.6) is 23.0 Å². The Hall–Kier alpha value is -6.04. The van der Waals surface area contributed by atoms with E-state index in [9.17, 15) is 39.6 Å². The number of hydrogen-bond acceptors (Lipinski definition) is 12. The molecule has 4 aromatic rings. The third-order valence-corrected chi connectivity index (χ3v) is 16.5. The van der Waals surface area contributed by atoms with Crippen molar-refractivity contribution in [2.45, 2.75) is 261 Å². The number of unbranched alkanes of at least 4 members (excludes halogenated alkanes) is 8. The molecule has 0 aliphatic rings. The number of benzene rings is 4. The van der Waals surface area contributed by atoms with Crippen molar-refractivity contribution in [3.8, 4) is 23.0 Å². The van der Waals surface area contributed by atoms with Gasteiger partial charge in [-0.1, -0.05) is 155 Å². The first kappa shape index (κ1) is 71.4. The summed E-state index contributed by atoms with van der Waals surface area (Å²) in [5.74, 6) is -1.04. The van der Waals surface area contributed by atoms with Gasteiger partial charge in [0.2, 0.25) is 0 Å². The zero-order valence-electron chi connectivity index (χ0n) is 53.6. The molecule has 0 fully saturated rings. The summed E-state index contributed by atoms with van der Waals surface area (Å²) in [4.78, 5) is 56.1. The Morgan fingerprint density at radius 3 is 0.812 bits per heavy atom. The van der Waals surface area contributed by atoms with Crippen LogP contribution in [0.15, 0.2) is 48.5 Å². The number of esters is 4. The smallest absolute Gasteiger partial charge is 0.306 e. The van der Waals surface area contributed by atoms with Crippen LogP contribution in [-0.4, -0.2) is 70.7 Å². The molecule has 472 valence electrons. The summed E-state index contributed by atoms with van der Waals surface area (Å²) < 4.78 is 24.4. The second kappa shape index (κ2) is 39.6. The highest BCUT2D eigenvalue weighted by atomic mass is 16.6. The van der Waals surface area contributed by atoms with Crippen LogP contribution >= 0.6 is 0 Å². The third kappa shape index (κ3) is 24.3. The molecule has 0 aromatic heterocycles. The van der Waals surface area contributed by atoms with Crippen molar-refractivity contribution in [3.63, 3.8) is 0 Å². The molecule has 0 bridgehead atoms. The van der Waals surface area contributed by atoms with Crippen molar-refractivity contribution in [1.29, 1.82) is 0 Å². The van der Waals surface area contributed by atoms with E-state index in [1.165, 1.54) is 0 Å². The van der Waals surface area contributed by atoms with E-state index in [1.807, 2.05) is 48.5 Å². The zero-order valence-corrected chi connectivity index (χ0v) is 53.6. The van der Waals surface area contributed by atoms with Gasteiger partial charge in [0.25, 0.3) is 0 Å². The van der Waals surface area contributed by atoms with E-state index in [4.69, 9.17) is 18.9 Å².